The Hall–Kier alpha value is -3.13. The molecule has 0 aliphatic rings. The maximum absolute atomic E-state index is 13.9. The van der Waals surface area contributed by atoms with E-state index < -0.39 is 5.82 Å². The van der Waals surface area contributed by atoms with Gasteiger partial charge < -0.3 is 4.52 Å². The zero-order valence-corrected chi connectivity index (χ0v) is 14.7. The van der Waals surface area contributed by atoms with Crippen LogP contribution in [-0.2, 0) is 0 Å². The first-order valence-corrected chi connectivity index (χ1v) is 8.36. The van der Waals surface area contributed by atoms with Crippen LogP contribution in [0.25, 0.3) is 28.7 Å². The van der Waals surface area contributed by atoms with Crippen LogP contribution in [0, 0.1) is 5.82 Å². The highest BCUT2D eigenvalue weighted by atomic mass is 79.9. The number of hydrogen-bond acceptors (Lipinski definition) is 5. The predicted octanol–water partition coefficient (Wildman–Crippen LogP) is 3.85. The molecule has 0 fully saturated rings. The van der Waals surface area contributed by atoms with Crippen LogP contribution in [0.5, 0.6) is 0 Å². The van der Waals surface area contributed by atoms with Gasteiger partial charge in [0.1, 0.15) is 5.82 Å². The largest absolute Gasteiger partial charge is 0.332 e. The van der Waals surface area contributed by atoms with E-state index in [9.17, 15) is 9.18 Å². The van der Waals surface area contributed by atoms with Gasteiger partial charge in [-0.15, -0.1) is 0 Å². The number of nitrogens with zero attached hydrogens (tertiary/aromatic N) is 4. The highest BCUT2D eigenvalue weighted by Crippen LogP contribution is 2.22. The quantitative estimate of drug-likeness (QED) is 0.510. The fourth-order valence-electron chi connectivity index (χ4n) is 2.39. The smallest absolute Gasteiger partial charge is 0.282 e. The van der Waals surface area contributed by atoms with Crippen LogP contribution in [0.15, 0.2) is 74.6 Å². The van der Waals surface area contributed by atoms with Crippen LogP contribution in [0.3, 0.4) is 0 Å². The summed E-state index contributed by atoms with van der Waals surface area (Å²) in [6.45, 7) is 0. The minimum absolute atomic E-state index is 0.0115. The third kappa shape index (κ3) is 3.06. The predicted molar refractivity (Wildman–Crippen MR) is 96.2 cm³/mol. The van der Waals surface area contributed by atoms with Gasteiger partial charge in [-0.2, -0.15) is 10.1 Å². The lowest BCUT2D eigenvalue weighted by atomic mass is 10.2. The molecule has 0 aliphatic heterocycles. The minimum Gasteiger partial charge on any atom is -0.332 e. The molecule has 0 atom stereocenters. The lowest BCUT2D eigenvalue weighted by Crippen LogP contribution is -2.12. The Morgan fingerprint density at radius 2 is 1.92 bits per heavy atom. The highest BCUT2D eigenvalue weighted by Gasteiger charge is 2.17. The van der Waals surface area contributed by atoms with Gasteiger partial charge in [-0.1, -0.05) is 39.3 Å². The van der Waals surface area contributed by atoms with E-state index in [1.807, 2.05) is 24.3 Å². The summed E-state index contributed by atoms with van der Waals surface area (Å²) in [5, 5.41) is 8.04. The van der Waals surface area contributed by atoms with Gasteiger partial charge in [0.25, 0.3) is 5.89 Å². The Kier molecular flexibility index (Phi) is 4.18. The van der Waals surface area contributed by atoms with E-state index in [1.165, 1.54) is 22.9 Å². The topological polar surface area (TPSA) is 73.8 Å². The maximum atomic E-state index is 13.9. The fourth-order valence-corrected chi connectivity index (χ4v) is 2.78. The Balaban J connectivity index is 1.78. The zero-order valence-electron chi connectivity index (χ0n) is 13.1. The molecule has 2 aromatic heterocycles. The number of benzene rings is 2. The molecule has 0 N–H and O–H groups in total. The third-order valence-corrected chi connectivity index (χ3v) is 4.12. The van der Waals surface area contributed by atoms with E-state index in [-0.39, 0.29) is 28.4 Å². The summed E-state index contributed by atoms with van der Waals surface area (Å²) in [6.07, 6.45) is 1.54. The highest BCUT2D eigenvalue weighted by molar-refractivity contribution is 9.10. The van der Waals surface area contributed by atoms with E-state index in [1.54, 1.807) is 18.3 Å². The van der Waals surface area contributed by atoms with Crippen molar-refractivity contribution < 1.29 is 8.91 Å². The molecule has 0 saturated heterocycles. The molecular formula is C18H10BrFN4O2. The number of hydrogen-bond donors (Lipinski definition) is 0. The van der Waals surface area contributed by atoms with Crippen molar-refractivity contribution in [2.45, 2.75) is 0 Å². The summed E-state index contributed by atoms with van der Waals surface area (Å²) in [6, 6.07) is 14.8. The molecule has 2 aromatic carbocycles. The Morgan fingerprint density at radius 1 is 1.08 bits per heavy atom. The van der Waals surface area contributed by atoms with Crippen molar-refractivity contribution in [3.63, 3.8) is 0 Å². The molecule has 2 heterocycles. The van der Waals surface area contributed by atoms with Crippen molar-refractivity contribution in [1.29, 1.82) is 0 Å². The summed E-state index contributed by atoms with van der Waals surface area (Å²) in [4.78, 5) is 16.3. The van der Waals surface area contributed by atoms with Gasteiger partial charge in [0.2, 0.25) is 11.3 Å². The van der Waals surface area contributed by atoms with Crippen molar-refractivity contribution in [2.24, 2.45) is 0 Å². The molecule has 6 nitrogen and oxygen atoms in total. The van der Waals surface area contributed by atoms with E-state index in [0.717, 1.165) is 10.2 Å². The molecule has 4 rings (SSSR count). The second-order valence-corrected chi connectivity index (χ2v) is 6.27. The van der Waals surface area contributed by atoms with Crippen LogP contribution in [-0.4, -0.2) is 19.9 Å². The van der Waals surface area contributed by atoms with Crippen molar-refractivity contribution in [2.75, 3.05) is 0 Å². The molecule has 4 aromatic rings. The summed E-state index contributed by atoms with van der Waals surface area (Å²) in [5.74, 6) is -0.498. The molecular weight excluding hydrogens is 403 g/mol. The van der Waals surface area contributed by atoms with Gasteiger partial charge in [0, 0.05) is 16.7 Å². The van der Waals surface area contributed by atoms with Gasteiger partial charge in [-0.3, -0.25) is 4.79 Å². The van der Waals surface area contributed by atoms with Gasteiger partial charge in [0.05, 0.1) is 11.3 Å². The summed E-state index contributed by atoms with van der Waals surface area (Å²) in [5.41, 5.74) is 0.544. The van der Waals surface area contributed by atoms with Crippen molar-refractivity contribution >= 4 is 15.9 Å². The van der Waals surface area contributed by atoms with E-state index in [4.69, 9.17) is 4.52 Å². The standard InChI is InChI=1S/C18H10BrFN4O2/c19-11-4-3-5-12(10-11)24-9-8-15(25)16(22-24)18-21-17(23-26-18)13-6-1-2-7-14(13)20/h1-10H. The molecule has 0 unspecified atom stereocenters. The van der Waals surface area contributed by atoms with Gasteiger partial charge in [0.15, 0.2) is 5.69 Å². The second kappa shape index (κ2) is 6.64. The molecule has 128 valence electrons. The van der Waals surface area contributed by atoms with E-state index in [2.05, 4.69) is 31.2 Å². The first-order chi connectivity index (χ1) is 12.6. The van der Waals surface area contributed by atoms with E-state index >= 15 is 0 Å². The molecule has 0 saturated carbocycles. The zero-order chi connectivity index (χ0) is 18.1. The molecule has 26 heavy (non-hydrogen) atoms. The van der Waals surface area contributed by atoms with Crippen LogP contribution in [0.2, 0.25) is 0 Å². The summed E-state index contributed by atoms with van der Waals surface area (Å²) < 4.78 is 21.4. The molecule has 0 aliphatic carbocycles. The third-order valence-electron chi connectivity index (χ3n) is 3.62. The maximum Gasteiger partial charge on any atom is 0.282 e. The Labute approximate surface area is 155 Å². The van der Waals surface area contributed by atoms with Gasteiger partial charge in [-0.25, -0.2) is 9.07 Å². The SMILES string of the molecule is O=c1ccn(-c2cccc(Br)c2)nc1-c1nc(-c2ccccc2F)no1. The monoisotopic (exact) mass is 412 g/mol. The van der Waals surface area contributed by atoms with Gasteiger partial charge in [-0.05, 0) is 30.3 Å². The average molecular weight is 413 g/mol. The van der Waals surface area contributed by atoms with Gasteiger partial charge >= 0.3 is 0 Å². The minimum atomic E-state index is -0.479. The molecule has 0 amide bonds. The number of aromatic nitrogens is 4. The fraction of sp³-hybridized carbons (Fsp3) is 0. The van der Waals surface area contributed by atoms with Crippen LogP contribution in [0.1, 0.15) is 0 Å². The molecule has 0 spiro atoms. The summed E-state index contributed by atoms with van der Waals surface area (Å²) >= 11 is 3.39. The van der Waals surface area contributed by atoms with Crippen molar-refractivity contribution in [1.82, 2.24) is 19.9 Å². The van der Waals surface area contributed by atoms with Crippen LogP contribution >= 0.6 is 15.9 Å². The molecule has 8 heteroatoms. The number of halogens is 2. The number of rotatable bonds is 3. The summed E-state index contributed by atoms with van der Waals surface area (Å²) in [7, 11) is 0. The lowest BCUT2D eigenvalue weighted by molar-refractivity contribution is 0.429. The second-order valence-electron chi connectivity index (χ2n) is 5.36. The Bertz CT molecular complexity index is 1160. The Morgan fingerprint density at radius 3 is 2.73 bits per heavy atom. The van der Waals surface area contributed by atoms with Crippen LogP contribution < -0.4 is 5.43 Å². The molecule has 0 radical (unpaired) electrons. The first kappa shape index (κ1) is 16.3. The van der Waals surface area contributed by atoms with E-state index in [0.29, 0.717) is 0 Å². The van der Waals surface area contributed by atoms with Crippen LogP contribution in [0.4, 0.5) is 4.39 Å². The molecule has 0 bridgehead atoms. The van der Waals surface area contributed by atoms with Crippen molar-refractivity contribution in [3.05, 3.63) is 81.3 Å². The normalized spacial score (nSPS) is 10.8. The average Bonchev–Trinajstić information content (AvgIpc) is 3.12. The first-order valence-electron chi connectivity index (χ1n) is 7.57. The lowest BCUT2D eigenvalue weighted by Gasteiger charge is -2.06. The van der Waals surface area contributed by atoms with Crippen molar-refractivity contribution in [3.8, 4) is 28.7 Å².